The lowest BCUT2D eigenvalue weighted by molar-refractivity contribution is -0.139. The second kappa shape index (κ2) is 6.95. The van der Waals surface area contributed by atoms with E-state index in [0.717, 1.165) is 6.07 Å². The number of nitrogens with one attached hydrogen (secondary N) is 1. The van der Waals surface area contributed by atoms with Gasteiger partial charge in [0.15, 0.2) is 0 Å². The van der Waals surface area contributed by atoms with E-state index in [9.17, 15) is 18.7 Å². The highest BCUT2D eigenvalue weighted by molar-refractivity contribution is 5.75. The van der Waals surface area contributed by atoms with Crippen LogP contribution in [0.15, 0.2) is 48.5 Å². The Morgan fingerprint density at radius 2 is 1.71 bits per heavy atom. The average Bonchev–Trinajstić information content (AvgIpc) is 2.43. The molecule has 2 rings (SSSR count). The predicted octanol–water partition coefficient (Wildman–Crippen LogP) is 2.92. The summed E-state index contributed by atoms with van der Waals surface area (Å²) in [5.74, 6) is -2.27. The van der Waals surface area contributed by atoms with E-state index in [1.165, 1.54) is 12.1 Å². The number of hydrogen-bond acceptors (Lipinski definition) is 2. The van der Waals surface area contributed by atoms with Crippen LogP contribution in [0.5, 0.6) is 0 Å². The minimum absolute atomic E-state index is 0.300. The maximum atomic E-state index is 13.1. The zero-order valence-corrected chi connectivity index (χ0v) is 11.2. The van der Waals surface area contributed by atoms with Gasteiger partial charge in [-0.15, -0.1) is 0 Å². The van der Waals surface area contributed by atoms with Crippen LogP contribution in [0, 0.1) is 11.6 Å². The monoisotopic (exact) mass is 291 g/mol. The Kier molecular flexibility index (Phi) is 5.00. The molecule has 2 aromatic carbocycles. The van der Waals surface area contributed by atoms with E-state index in [0.29, 0.717) is 24.1 Å². The molecule has 2 aromatic rings. The average molecular weight is 291 g/mol. The van der Waals surface area contributed by atoms with Gasteiger partial charge in [-0.2, -0.15) is 0 Å². The zero-order valence-electron chi connectivity index (χ0n) is 11.2. The Morgan fingerprint density at radius 1 is 1.10 bits per heavy atom. The van der Waals surface area contributed by atoms with E-state index >= 15 is 0 Å². The van der Waals surface area contributed by atoms with Gasteiger partial charge in [0, 0.05) is 12.6 Å². The van der Waals surface area contributed by atoms with Crippen molar-refractivity contribution in [2.75, 3.05) is 6.54 Å². The quantitative estimate of drug-likeness (QED) is 0.860. The third kappa shape index (κ3) is 4.36. The summed E-state index contributed by atoms with van der Waals surface area (Å²) in [5, 5.41) is 12.1. The van der Waals surface area contributed by atoms with Crippen molar-refractivity contribution < 1.29 is 18.7 Å². The molecule has 0 aromatic heterocycles. The number of benzene rings is 2. The summed E-state index contributed by atoms with van der Waals surface area (Å²) >= 11 is 0. The molecule has 0 aliphatic rings. The van der Waals surface area contributed by atoms with E-state index in [1.54, 1.807) is 30.3 Å². The first kappa shape index (κ1) is 15.1. The largest absolute Gasteiger partial charge is 0.480 e. The molecule has 0 heterocycles. The van der Waals surface area contributed by atoms with Gasteiger partial charge in [-0.25, -0.2) is 8.78 Å². The summed E-state index contributed by atoms with van der Waals surface area (Å²) in [6.45, 7) is 0.300. The number of carboxylic acid groups (broad SMARTS) is 1. The number of rotatable bonds is 6. The van der Waals surface area contributed by atoms with Crippen LogP contribution >= 0.6 is 0 Å². The standard InChI is InChI=1S/C16H15F2NO2/c17-13-8-11(9-14(18)10-13)6-7-19-15(16(20)21)12-4-2-1-3-5-12/h1-5,8-10,15,19H,6-7H2,(H,20,21). The molecular weight excluding hydrogens is 276 g/mol. The zero-order chi connectivity index (χ0) is 15.2. The minimum atomic E-state index is -0.994. The van der Waals surface area contributed by atoms with Crippen molar-refractivity contribution in [3.8, 4) is 0 Å². The number of carboxylic acids is 1. The van der Waals surface area contributed by atoms with Crippen molar-refractivity contribution in [3.63, 3.8) is 0 Å². The maximum Gasteiger partial charge on any atom is 0.325 e. The SMILES string of the molecule is O=C(O)C(NCCc1cc(F)cc(F)c1)c1ccccc1. The van der Waals surface area contributed by atoms with Crippen LogP contribution in [-0.4, -0.2) is 17.6 Å². The fourth-order valence-electron chi connectivity index (χ4n) is 2.11. The fourth-order valence-corrected chi connectivity index (χ4v) is 2.11. The van der Waals surface area contributed by atoms with E-state index in [2.05, 4.69) is 5.32 Å². The third-order valence-electron chi connectivity index (χ3n) is 3.06. The highest BCUT2D eigenvalue weighted by Gasteiger charge is 2.18. The van der Waals surface area contributed by atoms with Crippen LogP contribution in [0.2, 0.25) is 0 Å². The Bertz CT molecular complexity index is 597. The van der Waals surface area contributed by atoms with Gasteiger partial charge < -0.3 is 10.4 Å². The Balaban J connectivity index is 1.98. The minimum Gasteiger partial charge on any atom is -0.480 e. The fraction of sp³-hybridized carbons (Fsp3) is 0.188. The van der Waals surface area contributed by atoms with Gasteiger partial charge in [-0.3, -0.25) is 4.79 Å². The summed E-state index contributed by atoms with van der Waals surface area (Å²) < 4.78 is 26.1. The topological polar surface area (TPSA) is 49.3 Å². The molecule has 5 heteroatoms. The summed E-state index contributed by atoms with van der Waals surface area (Å²) in [5.41, 5.74) is 1.12. The van der Waals surface area contributed by atoms with E-state index in [1.807, 2.05) is 0 Å². The Morgan fingerprint density at radius 3 is 2.29 bits per heavy atom. The first-order chi connectivity index (χ1) is 10.1. The molecule has 0 radical (unpaired) electrons. The van der Waals surface area contributed by atoms with Gasteiger partial charge in [0.2, 0.25) is 0 Å². The molecule has 2 N–H and O–H groups in total. The smallest absolute Gasteiger partial charge is 0.325 e. The Labute approximate surface area is 121 Å². The molecule has 0 bridgehead atoms. The van der Waals surface area contributed by atoms with Crippen LogP contribution in [0.3, 0.4) is 0 Å². The number of aliphatic carboxylic acids is 1. The number of carbonyl (C=O) groups is 1. The van der Waals surface area contributed by atoms with Crippen LogP contribution in [0.4, 0.5) is 8.78 Å². The summed E-state index contributed by atoms with van der Waals surface area (Å²) in [7, 11) is 0. The van der Waals surface area contributed by atoms with Crippen LogP contribution in [0.25, 0.3) is 0 Å². The van der Waals surface area contributed by atoms with Crippen molar-refractivity contribution in [3.05, 3.63) is 71.3 Å². The van der Waals surface area contributed by atoms with E-state index in [4.69, 9.17) is 0 Å². The molecule has 3 nitrogen and oxygen atoms in total. The number of hydrogen-bond donors (Lipinski definition) is 2. The molecule has 110 valence electrons. The van der Waals surface area contributed by atoms with Crippen molar-refractivity contribution in [1.29, 1.82) is 0 Å². The first-order valence-electron chi connectivity index (χ1n) is 6.52. The molecular formula is C16H15F2NO2. The third-order valence-corrected chi connectivity index (χ3v) is 3.06. The lowest BCUT2D eigenvalue weighted by Crippen LogP contribution is -2.30. The molecule has 1 atom stereocenters. The lowest BCUT2D eigenvalue weighted by atomic mass is 10.1. The highest BCUT2D eigenvalue weighted by atomic mass is 19.1. The van der Waals surface area contributed by atoms with Crippen molar-refractivity contribution in [1.82, 2.24) is 5.32 Å². The van der Waals surface area contributed by atoms with E-state index < -0.39 is 23.6 Å². The van der Waals surface area contributed by atoms with Crippen molar-refractivity contribution >= 4 is 5.97 Å². The molecule has 0 spiro atoms. The first-order valence-corrected chi connectivity index (χ1v) is 6.52. The molecule has 0 saturated heterocycles. The molecule has 0 aliphatic heterocycles. The Hall–Kier alpha value is -2.27. The van der Waals surface area contributed by atoms with Gasteiger partial charge in [0.1, 0.15) is 17.7 Å². The van der Waals surface area contributed by atoms with E-state index in [-0.39, 0.29) is 0 Å². The van der Waals surface area contributed by atoms with Gasteiger partial charge in [-0.05, 0) is 29.7 Å². The lowest BCUT2D eigenvalue weighted by Gasteiger charge is -2.14. The van der Waals surface area contributed by atoms with Gasteiger partial charge in [0.25, 0.3) is 0 Å². The summed E-state index contributed by atoms with van der Waals surface area (Å²) in [6, 6.07) is 11.2. The summed E-state index contributed by atoms with van der Waals surface area (Å²) in [6.07, 6.45) is 0.339. The van der Waals surface area contributed by atoms with Gasteiger partial charge in [-0.1, -0.05) is 30.3 Å². The van der Waals surface area contributed by atoms with Crippen LogP contribution in [0.1, 0.15) is 17.2 Å². The molecule has 0 amide bonds. The maximum absolute atomic E-state index is 13.1. The molecule has 0 aliphatic carbocycles. The van der Waals surface area contributed by atoms with Crippen LogP contribution < -0.4 is 5.32 Å². The predicted molar refractivity (Wildman–Crippen MR) is 74.9 cm³/mol. The molecule has 0 saturated carbocycles. The van der Waals surface area contributed by atoms with Crippen molar-refractivity contribution in [2.24, 2.45) is 0 Å². The normalized spacial score (nSPS) is 12.1. The second-order valence-electron chi connectivity index (χ2n) is 4.66. The van der Waals surface area contributed by atoms with Crippen LogP contribution in [-0.2, 0) is 11.2 Å². The molecule has 1 unspecified atom stereocenters. The molecule has 0 fully saturated rings. The van der Waals surface area contributed by atoms with Crippen molar-refractivity contribution in [2.45, 2.75) is 12.5 Å². The molecule has 21 heavy (non-hydrogen) atoms. The number of halogens is 2. The summed E-state index contributed by atoms with van der Waals surface area (Å²) in [4.78, 5) is 11.3. The second-order valence-corrected chi connectivity index (χ2v) is 4.66. The highest BCUT2D eigenvalue weighted by Crippen LogP contribution is 2.13. The van der Waals surface area contributed by atoms with Gasteiger partial charge >= 0.3 is 5.97 Å². The van der Waals surface area contributed by atoms with Gasteiger partial charge in [0.05, 0.1) is 0 Å².